The highest BCUT2D eigenvalue weighted by molar-refractivity contribution is 7.18. The normalized spacial score (nSPS) is 14.7. The Morgan fingerprint density at radius 1 is 1.23 bits per heavy atom. The molecule has 0 aromatic carbocycles. The molecule has 1 aliphatic rings. The Balaban J connectivity index is 1.53. The monoisotopic (exact) mass is 425 g/mol. The van der Waals surface area contributed by atoms with Gasteiger partial charge in [0.2, 0.25) is 17.6 Å². The molecule has 4 rings (SSSR count). The van der Waals surface area contributed by atoms with Crippen LogP contribution in [0.25, 0.3) is 11.5 Å². The number of rotatable bonds is 6. The van der Waals surface area contributed by atoms with Crippen LogP contribution in [0.3, 0.4) is 0 Å². The summed E-state index contributed by atoms with van der Waals surface area (Å²) in [5.74, 6) is -0.198. The minimum Gasteiger partial charge on any atom is -0.463 e. The van der Waals surface area contributed by atoms with E-state index in [0.717, 1.165) is 11.3 Å². The molecule has 3 aromatic rings. The topological polar surface area (TPSA) is 109 Å². The summed E-state index contributed by atoms with van der Waals surface area (Å²) in [6.45, 7) is 1.46. The SMILES string of the molecule is CN1CCN(CC(=O)Nc2nc(-c3ccco3)c(C(=O)c3ccccn3)s2)CC1=O. The van der Waals surface area contributed by atoms with Gasteiger partial charge >= 0.3 is 0 Å². The van der Waals surface area contributed by atoms with Crippen molar-refractivity contribution in [2.75, 3.05) is 38.5 Å². The molecule has 1 fully saturated rings. The van der Waals surface area contributed by atoms with E-state index in [4.69, 9.17) is 4.42 Å². The van der Waals surface area contributed by atoms with Crippen molar-refractivity contribution in [3.8, 4) is 11.5 Å². The van der Waals surface area contributed by atoms with E-state index in [1.165, 1.54) is 6.26 Å². The van der Waals surface area contributed by atoms with Crippen molar-refractivity contribution in [2.45, 2.75) is 0 Å². The van der Waals surface area contributed by atoms with Crippen LogP contribution < -0.4 is 5.32 Å². The lowest BCUT2D eigenvalue weighted by Crippen LogP contribution is -2.50. The third-order valence-electron chi connectivity index (χ3n) is 4.64. The first-order valence-electron chi connectivity index (χ1n) is 9.28. The van der Waals surface area contributed by atoms with Gasteiger partial charge in [0, 0.05) is 26.3 Å². The number of likely N-dealkylation sites (N-methyl/N-ethyl adjacent to an activating group) is 1. The molecule has 3 aromatic heterocycles. The quantitative estimate of drug-likeness (QED) is 0.599. The zero-order valence-corrected chi connectivity index (χ0v) is 17.0. The van der Waals surface area contributed by atoms with Crippen LogP contribution in [0, 0.1) is 0 Å². The molecule has 0 aliphatic carbocycles. The van der Waals surface area contributed by atoms with Crippen LogP contribution in [0.5, 0.6) is 0 Å². The Morgan fingerprint density at radius 2 is 2.10 bits per heavy atom. The Bertz CT molecular complexity index is 1060. The molecular formula is C20H19N5O4S. The summed E-state index contributed by atoms with van der Waals surface area (Å²) in [6.07, 6.45) is 3.03. The van der Waals surface area contributed by atoms with Gasteiger partial charge in [0.1, 0.15) is 16.3 Å². The second-order valence-corrected chi connectivity index (χ2v) is 7.79. The fourth-order valence-electron chi connectivity index (χ4n) is 3.03. The average molecular weight is 425 g/mol. The van der Waals surface area contributed by atoms with Crippen LogP contribution in [0.4, 0.5) is 5.13 Å². The van der Waals surface area contributed by atoms with Crippen molar-refractivity contribution in [1.29, 1.82) is 0 Å². The summed E-state index contributed by atoms with van der Waals surface area (Å²) in [7, 11) is 1.74. The van der Waals surface area contributed by atoms with Gasteiger partial charge in [-0.25, -0.2) is 4.98 Å². The van der Waals surface area contributed by atoms with Crippen LogP contribution in [-0.4, -0.2) is 70.6 Å². The van der Waals surface area contributed by atoms with Crippen LogP contribution >= 0.6 is 11.3 Å². The molecule has 30 heavy (non-hydrogen) atoms. The molecule has 9 nitrogen and oxygen atoms in total. The average Bonchev–Trinajstić information content (AvgIpc) is 3.40. The minimum atomic E-state index is -0.302. The summed E-state index contributed by atoms with van der Waals surface area (Å²) in [5, 5.41) is 3.02. The number of hydrogen-bond donors (Lipinski definition) is 1. The fourth-order valence-corrected chi connectivity index (χ4v) is 3.96. The zero-order chi connectivity index (χ0) is 21.1. The molecule has 1 aliphatic heterocycles. The van der Waals surface area contributed by atoms with Crippen molar-refractivity contribution in [3.05, 3.63) is 53.4 Å². The summed E-state index contributed by atoms with van der Waals surface area (Å²) >= 11 is 1.07. The molecule has 4 heterocycles. The zero-order valence-electron chi connectivity index (χ0n) is 16.2. The number of hydrogen-bond acceptors (Lipinski definition) is 8. The number of nitrogens with one attached hydrogen (secondary N) is 1. The van der Waals surface area contributed by atoms with E-state index < -0.39 is 0 Å². The lowest BCUT2D eigenvalue weighted by Gasteiger charge is -2.31. The van der Waals surface area contributed by atoms with Gasteiger partial charge in [0.05, 0.1) is 19.4 Å². The smallest absolute Gasteiger partial charge is 0.240 e. The third-order valence-corrected chi connectivity index (χ3v) is 5.60. The largest absolute Gasteiger partial charge is 0.463 e. The number of thiazole rings is 1. The Kier molecular flexibility index (Phi) is 5.68. The Hall–Kier alpha value is -3.37. The summed E-state index contributed by atoms with van der Waals surface area (Å²) in [4.78, 5) is 49.5. The number of aromatic nitrogens is 2. The van der Waals surface area contributed by atoms with Gasteiger partial charge in [-0.15, -0.1) is 0 Å². The minimum absolute atomic E-state index is 0.0216. The lowest BCUT2D eigenvalue weighted by atomic mass is 10.1. The maximum atomic E-state index is 12.9. The highest BCUT2D eigenvalue weighted by Gasteiger charge is 2.26. The number of anilines is 1. The fraction of sp³-hybridized carbons (Fsp3) is 0.250. The number of amides is 2. The predicted octanol–water partition coefficient (Wildman–Crippen LogP) is 1.74. The van der Waals surface area contributed by atoms with Gasteiger partial charge in [0.25, 0.3) is 0 Å². The first-order chi connectivity index (χ1) is 14.5. The molecule has 0 saturated carbocycles. The molecule has 0 spiro atoms. The second-order valence-electron chi connectivity index (χ2n) is 6.79. The van der Waals surface area contributed by atoms with E-state index in [1.807, 2.05) is 0 Å². The van der Waals surface area contributed by atoms with Crippen LogP contribution in [0.2, 0.25) is 0 Å². The number of pyridine rings is 1. The molecule has 0 unspecified atom stereocenters. The highest BCUT2D eigenvalue weighted by Crippen LogP contribution is 2.33. The van der Waals surface area contributed by atoms with E-state index in [-0.39, 0.29) is 41.5 Å². The molecule has 10 heteroatoms. The third kappa shape index (κ3) is 4.29. The van der Waals surface area contributed by atoms with Gasteiger partial charge in [0.15, 0.2) is 10.9 Å². The number of nitrogens with zero attached hydrogens (tertiary/aromatic N) is 4. The van der Waals surface area contributed by atoms with E-state index in [1.54, 1.807) is 53.4 Å². The van der Waals surface area contributed by atoms with Gasteiger partial charge < -0.3 is 14.6 Å². The van der Waals surface area contributed by atoms with Crippen molar-refractivity contribution in [2.24, 2.45) is 0 Å². The molecule has 2 amide bonds. The number of piperazine rings is 1. The van der Waals surface area contributed by atoms with Gasteiger partial charge in [-0.1, -0.05) is 17.4 Å². The van der Waals surface area contributed by atoms with Crippen LogP contribution in [-0.2, 0) is 9.59 Å². The van der Waals surface area contributed by atoms with Crippen molar-refractivity contribution in [3.63, 3.8) is 0 Å². The number of carbonyl (C=O) groups excluding carboxylic acids is 3. The van der Waals surface area contributed by atoms with Crippen molar-refractivity contribution < 1.29 is 18.8 Å². The van der Waals surface area contributed by atoms with Gasteiger partial charge in [-0.2, -0.15) is 0 Å². The summed E-state index contributed by atoms with van der Waals surface area (Å²) in [6, 6.07) is 8.48. The van der Waals surface area contributed by atoms with Crippen LogP contribution in [0.15, 0.2) is 47.2 Å². The molecule has 1 saturated heterocycles. The maximum Gasteiger partial charge on any atom is 0.240 e. The van der Waals surface area contributed by atoms with Crippen molar-refractivity contribution in [1.82, 2.24) is 19.8 Å². The van der Waals surface area contributed by atoms with Gasteiger partial charge in [-0.05, 0) is 24.3 Å². The number of furan rings is 1. The molecule has 1 N–H and O–H groups in total. The Labute approximate surface area is 176 Å². The van der Waals surface area contributed by atoms with Gasteiger partial charge in [-0.3, -0.25) is 24.3 Å². The summed E-state index contributed by atoms with van der Waals surface area (Å²) < 4.78 is 5.42. The standard InChI is InChI=1S/C20H19N5O4S/c1-24-8-9-25(12-16(24)27)11-15(26)22-20-23-17(14-6-4-10-29-14)19(30-20)18(28)13-5-2-3-7-21-13/h2-7,10H,8-9,11-12H2,1H3,(H,22,23,26). The van der Waals surface area contributed by atoms with E-state index >= 15 is 0 Å². The lowest BCUT2D eigenvalue weighted by molar-refractivity contribution is -0.135. The van der Waals surface area contributed by atoms with E-state index in [2.05, 4.69) is 15.3 Å². The van der Waals surface area contributed by atoms with E-state index in [9.17, 15) is 14.4 Å². The molecule has 0 bridgehead atoms. The maximum absolute atomic E-state index is 12.9. The molecule has 0 radical (unpaired) electrons. The first kappa shape index (κ1) is 19.9. The number of ketones is 1. The molecule has 0 atom stereocenters. The van der Waals surface area contributed by atoms with Crippen molar-refractivity contribution >= 4 is 34.1 Å². The molecule has 154 valence electrons. The molecular weight excluding hydrogens is 406 g/mol. The highest BCUT2D eigenvalue weighted by atomic mass is 32.1. The Morgan fingerprint density at radius 3 is 2.80 bits per heavy atom. The van der Waals surface area contributed by atoms with Crippen LogP contribution in [0.1, 0.15) is 15.4 Å². The van der Waals surface area contributed by atoms with E-state index in [0.29, 0.717) is 29.4 Å². The first-order valence-corrected chi connectivity index (χ1v) is 10.1. The predicted molar refractivity (Wildman–Crippen MR) is 110 cm³/mol. The summed E-state index contributed by atoms with van der Waals surface area (Å²) in [5.41, 5.74) is 0.633. The number of carbonyl (C=O) groups is 3. The second kappa shape index (κ2) is 8.56.